The van der Waals surface area contributed by atoms with Crippen LogP contribution in [-0.2, 0) is 0 Å². The molecule has 12 heavy (non-hydrogen) atoms. The van der Waals surface area contributed by atoms with E-state index in [4.69, 9.17) is 0 Å². The average molecular weight is 164 g/mol. The average Bonchev–Trinajstić information content (AvgIpc) is 1.83. The fourth-order valence-corrected chi connectivity index (χ4v) is 1.55. The van der Waals surface area contributed by atoms with Gasteiger partial charge in [0.1, 0.15) is 0 Å². The summed E-state index contributed by atoms with van der Waals surface area (Å²) in [5.41, 5.74) is 2.26. The molecule has 1 aliphatic carbocycles. The van der Waals surface area contributed by atoms with E-state index >= 15 is 0 Å². The molecule has 0 saturated heterocycles. The van der Waals surface area contributed by atoms with E-state index in [0.717, 1.165) is 0 Å². The van der Waals surface area contributed by atoms with Gasteiger partial charge in [-0.3, -0.25) is 0 Å². The zero-order valence-corrected chi connectivity index (χ0v) is 8.94. The summed E-state index contributed by atoms with van der Waals surface area (Å²) in [6, 6.07) is 0. The molecule has 0 aromatic carbocycles. The van der Waals surface area contributed by atoms with Crippen molar-refractivity contribution in [3.63, 3.8) is 0 Å². The van der Waals surface area contributed by atoms with Gasteiger partial charge in [-0.25, -0.2) is 0 Å². The van der Waals surface area contributed by atoms with E-state index in [1.807, 2.05) is 0 Å². The Morgan fingerprint density at radius 1 is 1.25 bits per heavy atom. The summed E-state index contributed by atoms with van der Waals surface area (Å²) in [5.74, 6) is 0. The van der Waals surface area contributed by atoms with E-state index in [0.29, 0.717) is 10.8 Å². The van der Waals surface area contributed by atoms with Gasteiger partial charge in [0.15, 0.2) is 0 Å². The highest BCUT2D eigenvalue weighted by molar-refractivity contribution is 5.26. The van der Waals surface area contributed by atoms with Crippen LogP contribution in [0, 0.1) is 10.8 Å². The van der Waals surface area contributed by atoms with Crippen molar-refractivity contribution in [2.75, 3.05) is 0 Å². The zero-order chi connectivity index (χ0) is 9.41. The standard InChI is InChI=1S/C12H20/c1-11(2,3)10-7-6-8-12(4,5)9-10/h6-8H,9H2,1-5H3. The van der Waals surface area contributed by atoms with Crippen LogP contribution in [0.5, 0.6) is 0 Å². The van der Waals surface area contributed by atoms with Gasteiger partial charge in [0.2, 0.25) is 0 Å². The molecule has 0 aromatic rings. The Labute approximate surface area is 76.4 Å². The molecule has 0 N–H and O–H groups in total. The van der Waals surface area contributed by atoms with Crippen molar-refractivity contribution in [3.8, 4) is 0 Å². The second-order valence-corrected chi connectivity index (χ2v) is 5.47. The Hall–Kier alpha value is -0.520. The molecule has 0 aromatic heterocycles. The van der Waals surface area contributed by atoms with Crippen LogP contribution in [0.3, 0.4) is 0 Å². The third kappa shape index (κ3) is 2.23. The monoisotopic (exact) mass is 164 g/mol. The number of rotatable bonds is 0. The van der Waals surface area contributed by atoms with Crippen LogP contribution in [0.25, 0.3) is 0 Å². The summed E-state index contributed by atoms with van der Waals surface area (Å²) in [7, 11) is 0. The van der Waals surface area contributed by atoms with Gasteiger partial charge in [-0.15, -0.1) is 0 Å². The van der Waals surface area contributed by atoms with Crippen molar-refractivity contribution in [3.05, 3.63) is 23.8 Å². The van der Waals surface area contributed by atoms with E-state index in [9.17, 15) is 0 Å². The molecule has 0 spiro atoms. The molecule has 1 rings (SSSR count). The van der Waals surface area contributed by atoms with Gasteiger partial charge < -0.3 is 0 Å². The van der Waals surface area contributed by atoms with Crippen molar-refractivity contribution in [1.29, 1.82) is 0 Å². The Morgan fingerprint density at radius 3 is 2.17 bits per heavy atom. The van der Waals surface area contributed by atoms with Gasteiger partial charge in [0.25, 0.3) is 0 Å². The van der Waals surface area contributed by atoms with Crippen LogP contribution in [0.2, 0.25) is 0 Å². The molecule has 0 saturated carbocycles. The fourth-order valence-electron chi connectivity index (χ4n) is 1.55. The summed E-state index contributed by atoms with van der Waals surface area (Å²) >= 11 is 0. The molecule has 0 nitrogen and oxygen atoms in total. The Kier molecular flexibility index (Phi) is 2.20. The smallest absolute Gasteiger partial charge is 0.0134 e. The Bertz CT molecular complexity index is 221. The molecule has 0 fully saturated rings. The zero-order valence-electron chi connectivity index (χ0n) is 8.94. The Morgan fingerprint density at radius 2 is 1.83 bits per heavy atom. The largest absolute Gasteiger partial charge is 0.0785 e. The molecule has 0 amide bonds. The Balaban J connectivity index is 2.84. The SMILES string of the molecule is CC1(C)C=CC=C(C(C)(C)C)C1. The number of hydrogen-bond acceptors (Lipinski definition) is 0. The molecule has 0 atom stereocenters. The first kappa shape index (κ1) is 9.57. The lowest BCUT2D eigenvalue weighted by atomic mass is 9.73. The lowest BCUT2D eigenvalue weighted by molar-refractivity contribution is 0.392. The third-order valence-corrected chi connectivity index (χ3v) is 2.45. The van der Waals surface area contributed by atoms with Crippen molar-refractivity contribution < 1.29 is 0 Å². The maximum absolute atomic E-state index is 2.29. The lowest BCUT2D eigenvalue weighted by Crippen LogP contribution is -2.19. The van der Waals surface area contributed by atoms with Crippen molar-refractivity contribution in [1.82, 2.24) is 0 Å². The van der Waals surface area contributed by atoms with Gasteiger partial charge in [0, 0.05) is 0 Å². The quantitative estimate of drug-likeness (QED) is 0.508. The molecule has 0 bridgehead atoms. The predicted octanol–water partition coefficient (Wildman–Crippen LogP) is 3.95. The van der Waals surface area contributed by atoms with Gasteiger partial charge >= 0.3 is 0 Å². The highest BCUT2D eigenvalue weighted by Gasteiger charge is 2.25. The highest BCUT2D eigenvalue weighted by atomic mass is 14.3. The van der Waals surface area contributed by atoms with Crippen LogP contribution >= 0.6 is 0 Å². The third-order valence-electron chi connectivity index (χ3n) is 2.45. The van der Waals surface area contributed by atoms with Gasteiger partial charge in [0.05, 0.1) is 0 Å². The molecule has 1 aliphatic rings. The van der Waals surface area contributed by atoms with Gasteiger partial charge in [-0.05, 0) is 17.3 Å². The maximum atomic E-state index is 2.29. The lowest BCUT2D eigenvalue weighted by Gasteiger charge is -2.32. The van der Waals surface area contributed by atoms with E-state index in [1.165, 1.54) is 6.42 Å². The maximum Gasteiger partial charge on any atom is -0.0134 e. The molecule has 0 heteroatoms. The summed E-state index contributed by atoms with van der Waals surface area (Å²) in [6.07, 6.45) is 7.96. The normalized spacial score (nSPS) is 22.2. The van der Waals surface area contributed by atoms with E-state index in [2.05, 4.69) is 52.8 Å². The van der Waals surface area contributed by atoms with Gasteiger partial charge in [-0.2, -0.15) is 0 Å². The summed E-state index contributed by atoms with van der Waals surface area (Å²) in [4.78, 5) is 0. The van der Waals surface area contributed by atoms with E-state index in [-0.39, 0.29) is 0 Å². The molecular weight excluding hydrogens is 144 g/mol. The van der Waals surface area contributed by atoms with Crippen molar-refractivity contribution >= 4 is 0 Å². The molecule has 0 radical (unpaired) electrons. The van der Waals surface area contributed by atoms with Crippen molar-refractivity contribution in [2.45, 2.75) is 41.0 Å². The fraction of sp³-hybridized carbons (Fsp3) is 0.667. The van der Waals surface area contributed by atoms with Crippen LogP contribution in [-0.4, -0.2) is 0 Å². The van der Waals surface area contributed by atoms with Gasteiger partial charge in [-0.1, -0.05) is 58.4 Å². The molecule has 68 valence electrons. The van der Waals surface area contributed by atoms with E-state index < -0.39 is 0 Å². The minimum atomic E-state index is 0.335. The first-order valence-corrected chi connectivity index (χ1v) is 4.70. The first-order valence-electron chi connectivity index (χ1n) is 4.70. The molecule has 0 aliphatic heterocycles. The molecule has 0 heterocycles. The predicted molar refractivity (Wildman–Crippen MR) is 55.1 cm³/mol. The number of allylic oxidation sites excluding steroid dienone is 4. The summed E-state index contributed by atoms with van der Waals surface area (Å²) in [5, 5.41) is 0. The van der Waals surface area contributed by atoms with Crippen molar-refractivity contribution in [2.24, 2.45) is 10.8 Å². The summed E-state index contributed by atoms with van der Waals surface area (Å²) in [6.45, 7) is 11.4. The summed E-state index contributed by atoms with van der Waals surface area (Å²) < 4.78 is 0. The first-order chi connectivity index (χ1) is 5.31. The second-order valence-electron chi connectivity index (χ2n) is 5.47. The van der Waals surface area contributed by atoms with Crippen LogP contribution in [0.4, 0.5) is 0 Å². The van der Waals surface area contributed by atoms with Crippen LogP contribution < -0.4 is 0 Å². The second kappa shape index (κ2) is 2.76. The highest BCUT2D eigenvalue weighted by Crippen LogP contribution is 2.38. The van der Waals surface area contributed by atoms with Crippen LogP contribution in [0.15, 0.2) is 23.8 Å². The topological polar surface area (TPSA) is 0 Å². The van der Waals surface area contributed by atoms with E-state index in [1.54, 1.807) is 5.57 Å². The minimum absolute atomic E-state index is 0.335. The number of hydrogen-bond donors (Lipinski definition) is 0. The minimum Gasteiger partial charge on any atom is -0.0785 e. The van der Waals surface area contributed by atoms with Crippen LogP contribution in [0.1, 0.15) is 41.0 Å². The molecule has 0 unspecified atom stereocenters. The molecular formula is C12H20.